The van der Waals surface area contributed by atoms with Crippen LogP contribution in [-0.2, 0) is 4.79 Å². The summed E-state index contributed by atoms with van der Waals surface area (Å²) in [4.78, 5) is 16.9. The lowest BCUT2D eigenvalue weighted by atomic mass is 9.95. The highest BCUT2D eigenvalue weighted by Gasteiger charge is 2.22. The number of aromatic nitrogens is 1. The van der Waals surface area contributed by atoms with E-state index in [9.17, 15) is 4.79 Å². The summed E-state index contributed by atoms with van der Waals surface area (Å²) in [6.45, 7) is 9.85. The van der Waals surface area contributed by atoms with E-state index in [1.54, 1.807) is 12.1 Å². The molecule has 4 nitrogen and oxygen atoms in total. The Labute approximate surface area is 158 Å². The highest BCUT2D eigenvalue weighted by Crippen LogP contribution is 2.32. The number of fused-ring (bicyclic) bond motifs is 1. The maximum atomic E-state index is 12.3. The van der Waals surface area contributed by atoms with E-state index in [4.69, 9.17) is 16.0 Å². The summed E-state index contributed by atoms with van der Waals surface area (Å²) in [6.07, 6.45) is 0. The van der Waals surface area contributed by atoms with Gasteiger partial charge in [0.15, 0.2) is 5.58 Å². The summed E-state index contributed by atoms with van der Waals surface area (Å²) in [5.74, 6) is 0.828. The van der Waals surface area contributed by atoms with Gasteiger partial charge in [-0.3, -0.25) is 4.79 Å². The van der Waals surface area contributed by atoms with Crippen molar-refractivity contribution in [3.05, 3.63) is 47.0 Å². The number of hydrogen-bond acceptors (Lipinski definition) is 3. The van der Waals surface area contributed by atoms with E-state index in [2.05, 4.69) is 30.2 Å². The van der Waals surface area contributed by atoms with E-state index in [0.29, 0.717) is 22.5 Å². The fourth-order valence-electron chi connectivity index (χ4n) is 2.49. The van der Waals surface area contributed by atoms with Crippen molar-refractivity contribution in [2.45, 2.75) is 40.5 Å². The zero-order valence-corrected chi connectivity index (χ0v) is 16.4. The van der Waals surface area contributed by atoms with Crippen LogP contribution in [0.1, 0.15) is 46.1 Å². The molecule has 1 N–H and O–H groups in total. The first-order valence-corrected chi connectivity index (χ1v) is 9.05. The number of anilines is 1. The summed E-state index contributed by atoms with van der Waals surface area (Å²) in [6, 6.07) is 11.4. The predicted octanol–water partition coefficient (Wildman–Crippen LogP) is 6.26. The summed E-state index contributed by atoms with van der Waals surface area (Å²) in [5.41, 5.74) is 3.58. The van der Waals surface area contributed by atoms with Crippen LogP contribution in [0.15, 0.2) is 40.8 Å². The van der Waals surface area contributed by atoms with Gasteiger partial charge in [0.25, 0.3) is 0 Å². The molecule has 0 aliphatic heterocycles. The lowest BCUT2D eigenvalue weighted by molar-refractivity contribution is -0.123. The molecular formula is C21H23ClN2O2. The number of nitrogens with one attached hydrogen (secondary N) is 1. The SMILES string of the molecule is CC(C)c1ccc2oc(-c3ccc(Cl)c(NC(=O)C(C)(C)C)c3)nc2c1. The van der Waals surface area contributed by atoms with Crippen LogP contribution < -0.4 is 5.32 Å². The molecule has 0 bridgehead atoms. The molecule has 0 radical (unpaired) electrons. The lowest BCUT2D eigenvalue weighted by Crippen LogP contribution is -2.27. The van der Waals surface area contributed by atoms with Crippen molar-refractivity contribution in [1.82, 2.24) is 4.98 Å². The quantitative estimate of drug-likeness (QED) is 0.592. The molecule has 3 rings (SSSR count). The van der Waals surface area contributed by atoms with Crippen LogP contribution in [0.3, 0.4) is 0 Å². The van der Waals surface area contributed by atoms with Crippen molar-refractivity contribution < 1.29 is 9.21 Å². The number of benzene rings is 2. The zero-order valence-electron chi connectivity index (χ0n) is 15.7. The minimum absolute atomic E-state index is 0.101. The number of oxazole rings is 1. The normalized spacial score (nSPS) is 12.0. The summed E-state index contributed by atoms with van der Waals surface area (Å²) >= 11 is 6.25. The second-order valence-corrected chi connectivity index (χ2v) is 8.21. The van der Waals surface area contributed by atoms with Crippen molar-refractivity contribution in [3.8, 4) is 11.5 Å². The fraction of sp³-hybridized carbons (Fsp3) is 0.333. The van der Waals surface area contributed by atoms with E-state index in [1.807, 2.05) is 39.0 Å². The van der Waals surface area contributed by atoms with Gasteiger partial charge >= 0.3 is 0 Å². The van der Waals surface area contributed by atoms with Gasteiger partial charge in [0.2, 0.25) is 11.8 Å². The number of rotatable bonds is 3. The molecule has 1 heterocycles. The molecule has 0 aliphatic carbocycles. The Morgan fingerprint density at radius 2 is 1.88 bits per heavy atom. The number of carbonyl (C=O) groups is 1. The van der Waals surface area contributed by atoms with Gasteiger partial charge in [-0.2, -0.15) is 0 Å². The molecule has 0 spiro atoms. The van der Waals surface area contributed by atoms with Crippen molar-refractivity contribution >= 4 is 34.3 Å². The second-order valence-electron chi connectivity index (χ2n) is 7.80. The Morgan fingerprint density at radius 1 is 1.15 bits per heavy atom. The molecule has 26 heavy (non-hydrogen) atoms. The fourth-order valence-corrected chi connectivity index (χ4v) is 2.66. The molecule has 3 aromatic rings. The molecule has 136 valence electrons. The largest absolute Gasteiger partial charge is 0.436 e. The first kappa shape index (κ1) is 18.5. The Morgan fingerprint density at radius 3 is 2.54 bits per heavy atom. The minimum atomic E-state index is -0.510. The van der Waals surface area contributed by atoms with Crippen molar-refractivity contribution in [1.29, 1.82) is 0 Å². The van der Waals surface area contributed by atoms with Crippen molar-refractivity contribution in [2.75, 3.05) is 5.32 Å². The van der Waals surface area contributed by atoms with E-state index in [-0.39, 0.29) is 5.91 Å². The van der Waals surface area contributed by atoms with Gasteiger partial charge in [-0.25, -0.2) is 4.98 Å². The Kier molecular flexibility index (Phi) is 4.80. The van der Waals surface area contributed by atoms with Gasteiger partial charge in [-0.1, -0.05) is 52.3 Å². The average molecular weight is 371 g/mol. The van der Waals surface area contributed by atoms with E-state index in [0.717, 1.165) is 16.7 Å². The monoisotopic (exact) mass is 370 g/mol. The third-order valence-electron chi connectivity index (χ3n) is 4.22. The van der Waals surface area contributed by atoms with Gasteiger partial charge in [0.05, 0.1) is 10.7 Å². The molecule has 2 aromatic carbocycles. The molecule has 0 saturated heterocycles. The highest BCUT2D eigenvalue weighted by atomic mass is 35.5. The van der Waals surface area contributed by atoms with Crippen LogP contribution in [0.2, 0.25) is 5.02 Å². The van der Waals surface area contributed by atoms with E-state index >= 15 is 0 Å². The third kappa shape index (κ3) is 3.75. The maximum Gasteiger partial charge on any atom is 0.229 e. The van der Waals surface area contributed by atoms with Crippen LogP contribution in [0.4, 0.5) is 5.69 Å². The summed E-state index contributed by atoms with van der Waals surface area (Å²) in [7, 11) is 0. The predicted molar refractivity (Wildman–Crippen MR) is 107 cm³/mol. The molecule has 1 amide bonds. The third-order valence-corrected chi connectivity index (χ3v) is 4.55. The molecule has 0 saturated carbocycles. The number of halogens is 1. The summed E-state index contributed by atoms with van der Waals surface area (Å²) in [5, 5.41) is 3.35. The van der Waals surface area contributed by atoms with Crippen LogP contribution in [0.25, 0.3) is 22.6 Å². The van der Waals surface area contributed by atoms with Gasteiger partial charge in [-0.05, 0) is 41.8 Å². The van der Waals surface area contributed by atoms with E-state index in [1.165, 1.54) is 5.56 Å². The van der Waals surface area contributed by atoms with Gasteiger partial charge in [-0.15, -0.1) is 0 Å². The van der Waals surface area contributed by atoms with Gasteiger partial charge < -0.3 is 9.73 Å². The molecule has 0 fully saturated rings. The first-order valence-electron chi connectivity index (χ1n) is 8.67. The molecule has 0 aliphatic rings. The number of amides is 1. The van der Waals surface area contributed by atoms with Crippen molar-refractivity contribution in [2.24, 2.45) is 5.41 Å². The Hall–Kier alpha value is -2.33. The number of carbonyl (C=O) groups excluding carboxylic acids is 1. The first-order chi connectivity index (χ1) is 12.1. The zero-order chi connectivity index (χ0) is 19.1. The summed E-state index contributed by atoms with van der Waals surface area (Å²) < 4.78 is 5.89. The Bertz CT molecular complexity index is 968. The second kappa shape index (κ2) is 6.76. The highest BCUT2D eigenvalue weighted by molar-refractivity contribution is 6.33. The topological polar surface area (TPSA) is 55.1 Å². The molecule has 0 atom stereocenters. The van der Waals surface area contributed by atoms with Crippen LogP contribution in [-0.4, -0.2) is 10.9 Å². The molecule has 0 unspecified atom stereocenters. The van der Waals surface area contributed by atoms with Gasteiger partial charge in [0, 0.05) is 11.0 Å². The smallest absolute Gasteiger partial charge is 0.229 e. The standard InChI is InChI=1S/C21H23ClN2O2/c1-12(2)13-7-9-18-17(10-13)23-19(26-18)14-6-8-15(22)16(11-14)24-20(25)21(3,4)5/h6-12H,1-5H3,(H,24,25). The van der Waals surface area contributed by atoms with Crippen molar-refractivity contribution in [3.63, 3.8) is 0 Å². The molecule has 1 aromatic heterocycles. The van der Waals surface area contributed by atoms with Crippen LogP contribution in [0.5, 0.6) is 0 Å². The lowest BCUT2D eigenvalue weighted by Gasteiger charge is -2.18. The number of nitrogens with zero attached hydrogens (tertiary/aromatic N) is 1. The van der Waals surface area contributed by atoms with Crippen LogP contribution in [0, 0.1) is 5.41 Å². The van der Waals surface area contributed by atoms with E-state index < -0.39 is 5.41 Å². The van der Waals surface area contributed by atoms with Crippen LogP contribution >= 0.6 is 11.6 Å². The maximum absolute atomic E-state index is 12.3. The average Bonchev–Trinajstić information content (AvgIpc) is 2.98. The number of hydrogen-bond donors (Lipinski definition) is 1. The molecular weight excluding hydrogens is 348 g/mol. The van der Waals surface area contributed by atoms with Gasteiger partial charge in [0.1, 0.15) is 5.52 Å². The Balaban J connectivity index is 1.98. The molecule has 5 heteroatoms. The minimum Gasteiger partial charge on any atom is -0.436 e.